The lowest BCUT2D eigenvalue weighted by molar-refractivity contribution is -0.147. The molecule has 1 amide bonds. The molecule has 0 bridgehead atoms. The van der Waals surface area contributed by atoms with E-state index in [4.69, 9.17) is 10.8 Å². The molecule has 17 heavy (non-hydrogen) atoms. The molecule has 0 aromatic rings. The highest BCUT2D eigenvalue weighted by atomic mass is 16.4. The number of likely N-dealkylation sites (N-methyl/N-ethyl adjacent to an activating group) is 1. The molecular weight excluding hydrogens is 220 g/mol. The minimum atomic E-state index is -0.993. The van der Waals surface area contributed by atoms with Gasteiger partial charge in [-0.1, -0.05) is 19.8 Å². The Kier molecular flexibility index (Phi) is 4.51. The molecule has 98 valence electrons. The summed E-state index contributed by atoms with van der Waals surface area (Å²) in [7, 11) is 0. The zero-order chi connectivity index (χ0) is 13.1. The third-order valence-corrected chi connectivity index (χ3v) is 3.45. The highest BCUT2D eigenvalue weighted by Crippen LogP contribution is 2.31. The average Bonchev–Trinajstić information content (AvgIpc) is 2.24. The first-order chi connectivity index (χ1) is 7.89. The second kappa shape index (κ2) is 5.49. The fourth-order valence-electron chi connectivity index (χ4n) is 2.59. The van der Waals surface area contributed by atoms with Gasteiger partial charge in [0.1, 0.15) is 6.54 Å². The van der Waals surface area contributed by atoms with Crippen LogP contribution >= 0.6 is 0 Å². The fourth-order valence-corrected chi connectivity index (χ4v) is 2.59. The van der Waals surface area contributed by atoms with Gasteiger partial charge in [0.05, 0.1) is 5.54 Å². The number of carbonyl (C=O) groups excluding carboxylic acids is 1. The molecule has 2 unspecified atom stereocenters. The van der Waals surface area contributed by atoms with E-state index in [-0.39, 0.29) is 12.5 Å². The van der Waals surface area contributed by atoms with Gasteiger partial charge in [-0.15, -0.1) is 0 Å². The third-order valence-electron chi connectivity index (χ3n) is 3.45. The van der Waals surface area contributed by atoms with Crippen molar-refractivity contribution in [2.45, 2.75) is 45.1 Å². The van der Waals surface area contributed by atoms with E-state index < -0.39 is 11.5 Å². The van der Waals surface area contributed by atoms with Crippen molar-refractivity contribution in [2.24, 2.45) is 11.7 Å². The van der Waals surface area contributed by atoms with Gasteiger partial charge in [0.2, 0.25) is 5.91 Å². The summed E-state index contributed by atoms with van der Waals surface area (Å²) in [6, 6.07) is 0. The van der Waals surface area contributed by atoms with Crippen molar-refractivity contribution in [1.29, 1.82) is 0 Å². The summed E-state index contributed by atoms with van der Waals surface area (Å²) in [5.74, 6) is -0.775. The van der Waals surface area contributed by atoms with Crippen molar-refractivity contribution in [3.63, 3.8) is 0 Å². The van der Waals surface area contributed by atoms with Gasteiger partial charge in [0.15, 0.2) is 0 Å². The van der Waals surface area contributed by atoms with E-state index in [2.05, 4.69) is 6.92 Å². The number of amides is 1. The summed E-state index contributed by atoms with van der Waals surface area (Å²) in [6.45, 7) is 3.99. The second-order valence-corrected chi connectivity index (χ2v) is 5.07. The fraction of sp³-hybridized carbons (Fsp3) is 0.833. The molecule has 0 saturated heterocycles. The Morgan fingerprint density at radius 3 is 2.65 bits per heavy atom. The molecule has 0 aromatic heterocycles. The SMILES string of the molecule is CCN(CC(=O)O)C(=O)C1(N)CCCC(C)C1. The molecule has 1 saturated carbocycles. The summed E-state index contributed by atoms with van der Waals surface area (Å²) in [6.07, 6.45) is 3.35. The molecule has 1 aliphatic rings. The van der Waals surface area contributed by atoms with E-state index in [1.807, 2.05) is 0 Å². The molecule has 5 heteroatoms. The highest BCUT2D eigenvalue weighted by Gasteiger charge is 2.40. The van der Waals surface area contributed by atoms with Crippen LogP contribution in [0.2, 0.25) is 0 Å². The number of carboxylic acids is 1. The van der Waals surface area contributed by atoms with Gasteiger partial charge in [0, 0.05) is 6.54 Å². The van der Waals surface area contributed by atoms with E-state index in [1.54, 1.807) is 6.92 Å². The molecule has 0 aliphatic heterocycles. The van der Waals surface area contributed by atoms with Crippen molar-refractivity contribution in [3.8, 4) is 0 Å². The lowest BCUT2D eigenvalue weighted by Crippen LogP contribution is -2.58. The molecule has 0 radical (unpaired) electrons. The quantitative estimate of drug-likeness (QED) is 0.764. The zero-order valence-corrected chi connectivity index (χ0v) is 10.6. The van der Waals surface area contributed by atoms with Gasteiger partial charge in [-0.05, 0) is 25.7 Å². The Hall–Kier alpha value is -1.10. The van der Waals surface area contributed by atoms with Gasteiger partial charge in [-0.3, -0.25) is 9.59 Å². The summed E-state index contributed by atoms with van der Waals surface area (Å²) in [5.41, 5.74) is 5.30. The van der Waals surface area contributed by atoms with Crippen LogP contribution in [0.1, 0.15) is 39.5 Å². The van der Waals surface area contributed by atoms with Crippen LogP contribution < -0.4 is 5.73 Å². The smallest absolute Gasteiger partial charge is 0.323 e. The topological polar surface area (TPSA) is 83.6 Å². The monoisotopic (exact) mass is 242 g/mol. The predicted molar refractivity (Wildman–Crippen MR) is 64.4 cm³/mol. The predicted octanol–water partition coefficient (Wildman–Crippen LogP) is 0.827. The van der Waals surface area contributed by atoms with Crippen LogP contribution in [-0.2, 0) is 9.59 Å². The van der Waals surface area contributed by atoms with E-state index in [1.165, 1.54) is 4.90 Å². The van der Waals surface area contributed by atoms with Crippen LogP contribution in [0.5, 0.6) is 0 Å². The van der Waals surface area contributed by atoms with Crippen molar-refractivity contribution in [1.82, 2.24) is 4.90 Å². The van der Waals surface area contributed by atoms with Crippen molar-refractivity contribution in [2.75, 3.05) is 13.1 Å². The van der Waals surface area contributed by atoms with Gasteiger partial charge in [0.25, 0.3) is 0 Å². The first-order valence-electron chi connectivity index (χ1n) is 6.19. The molecule has 0 heterocycles. The number of nitrogens with zero attached hydrogens (tertiary/aromatic N) is 1. The van der Waals surface area contributed by atoms with Crippen molar-refractivity contribution >= 4 is 11.9 Å². The van der Waals surface area contributed by atoms with Crippen LogP contribution in [-0.4, -0.2) is 40.5 Å². The standard InChI is InChI=1S/C12H22N2O3/c1-3-14(8-10(15)16)11(17)12(13)6-4-5-9(2)7-12/h9H,3-8,13H2,1-2H3,(H,15,16). The molecule has 3 N–H and O–H groups in total. The number of carboxylic acid groups (broad SMARTS) is 1. The number of carbonyl (C=O) groups is 2. The number of hydrogen-bond acceptors (Lipinski definition) is 3. The summed E-state index contributed by atoms with van der Waals surface area (Å²) in [4.78, 5) is 24.3. The van der Waals surface area contributed by atoms with Gasteiger partial charge < -0.3 is 15.7 Å². The number of nitrogens with two attached hydrogens (primary N) is 1. The summed E-state index contributed by atoms with van der Waals surface area (Å²) < 4.78 is 0. The third kappa shape index (κ3) is 3.43. The van der Waals surface area contributed by atoms with E-state index in [0.29, 0.717) is 25.3 Å². The summed E-state index contributed by atoms with van der Waals surface area (Å²) in [5, 5.41) is 8.76. The van der Waals surface area contributed by atoms with Crippen molar-refractivity contribution in [3.05, 3.63) is 0 Å². The molecule has 1 aliphatic carbocycles. The normalized spacial score (nSPS) is 28.8. The first kappa shape index (κ1) is 14.0. The molecule has 5 nitrogen and oxygen atoms in total. The molecule has 1 rings (SSSR count). The minimum Gasteiger partial charge on any atom is -0.480 e. The Morgan fingerprint density at radius 2 is 2.18 bits per heavy atom. The van der Waals surface area contributed by atoms with E-state index in [9.17, 15) is 9.59 Å². The number of hydrogen-bond donors (Lipinski definition) is 2. The van der Waals surface area contributed by atoms with Crippen LogP contribution in [0.3, 0.4) is 0 Å². The van der Waals surface area contributed by atoms with Gasteiger partial charge in [-0.2, -0.15) is 0 Å². The summed E-state index contributed by atoms with van der Waals surface area (Å²) >= 11 is 0. The molecule has 0 spiro atoms. The molecule has 0 aromatic carbocycles. The van der Waals surface area contributed by atoms with E-state index in [0.717, 1.165) is 12.8 Å². The van der Waals surface area contributed by atoms with Crippen LogP contribution in [0.4, 0.5) is 0 Å². The first-order valence-corrected chi connectivity index (χ1v) is 6.19. The van der Waals surface area contributed by atoms with Crippen LogP contribution in [0.15, 0.2) is 0 Å². The molecule has 1 fully saturated rings. The van der Waals surface area contributed by atoms with Crippen LogP contribution in [0, 0.1) is 5.92 Å². The maximum Gasteiger partial charge on any atom is 0.323 e. The molecule has 2 atom stereocenters. The zero-order valence-electron chi connectivity index (χ0n) is 10.6. The van der Waals surface area contributed by atoms with E-state index >= 15 is 0 Å². The minimum absolute atomic E-state index is 0.214. The second-order valence-electron chi connectivity index (χ2n) is 5.07. The number of aliphatic carboxylic acids is 1. The Bertz CT molecular complexity index is 306. The Balaban J connectivity index is 2.74. The average molecular weight is 242 g/mol. The van der Waals surface area contributed by atoms with Crippen molar-refractivity contribution < 1.29 is 14.7 Å². The lowest BCUT2D eigenvalue weighted by atomic mass is 9.76. The van der Waals surface area contributed by atoms with Gasteiger partial charge >= 0.3 is 5.97 Å². The largest absolute Gasteiger partial charge is 0.480 e. The molecular formula is C12H22N2O3. The highest BCUT2D eigenvalue weighted by molar-refractivity contribution is 5.88. The van der Waals surface area contributed by atoms with Gasteiger partial charge in [-0.25, -0.2) is 0 Å². The Labute approximate surface area is 102 Å². The maximum absolute atomic E-state index is 12.3. The van der Waals surface area contributed by atoms with Crippen LogP contribution in [0.25, 0.3) is 0 Å². The number of rotatable bonds is 4. The lowest BCUT2D eigenvalue weighted by Gasteiger charge is -2.38. The maximum atomic E-state index is 12.3. The Morgan fingerprint density at radius 1 is 1.53 bits per heavy atom.